The van der Waals surface area contributed by atoms with E-state index in [4.69, 9.17) is 4.74 Å². The van der Waals surface area contributed by atoms with Gasteiger partial charge in [0.05, 0.1) is 12.5 Å². The molecule has 1 aliphatic rings. The van der Waals surface area contributed by atoms with Gasteiger partial charge in [-0.3, -0.25) is 9.59 Å². The molecule has 5 nitrogen and oxygen atoms in total. The van der Waals surface area contributed by atoms with Gasteiger partial charge in [0.2, 0.25) is 0 Å². The minimum absolute atomic E-state index is 0.244. The number of alkyl halides is 3. The highest BCUT2D eigenvalue weighted by molar-refractivity contribution is 5.94. The minimum atomic E-state index is -4.77. The highest BCUT2D eigenvalue weighted by atomic mass is 19.4. The zero-order valence-corrected chi connectivity index (χ0v) is 13.1. The lowest BCUT2D eigenvalue weighted by Crippen LogP contribution is -2.42. The van der Waals surface area contributed by atoms with Gasteiger partial charge in [0.25, 0.3) is 5.91 Å². The Kier molecular flexibility index (Phi) is 5.69. The largest absolute Gasteiger partial charge is 0.573 e. The lowest BCUT2D eigenvalue weighted by molar-refractivity contribution is -0.274. The van der Waals surface area contributed by atoms with Crippen molar-refractivity contribution >= 4 is 11.9 Å². The first kappa shape index (κ1) is 18.1. The van der Waals surface area contributed by atoms with Gasteiger partial charge in [0.1, 0.15) is 5.75 Å². The number of likely N-dealkylation sites (tertiary alicyclic amines) is 1. The van der Waals surface area contributed by atoms with Gasteiger partial charge in [-0.2, -0.15) is 0 Å². The van der Waals surface area contributed by atoms with E-state index in [9.17, 15) is 22.8 Å². The highest BCUT2D eigenvalue weighted by Crippen LogP contribution is 2.24. The Hall–Kier alpha value is -2.25. The van der Waals surface area contributed by atoms with Crippen molar-refractivity contribution in [1.29, 1.82) is 0 Å². The monoisotopic (exact) mass is 345 g/mol. The second-order valence-corrected chi connectivity index (χ2v) is 5.41. The molecule has 1 saturated heterocycles. The molecule has 8 heteroatoms. The van der Waals surface area contributed by atoms with Crippen LogP contribution in [0.3, 0.4) is 0 Å². The van der Waals surface area contributed by atoms with Crippen LogP contribution in [0.5, 0.6) is 5.75 Å². The van der Waals surface area contributed by atoms with E-state index in [1.54, 1.807) is 6.92 Å². The van der Waals surface area contributed by atoms with E-state index in [-0.39, 0.29) is 42.3 Å². The van der Waals surface area contributed by atoms with Crippen molar-refractivity contribution < 1.29 is 32.2 Å². The summed E-state index contributed by atoms with van der Waals surface area (Å²) in [5, 5.41) is 0. The van der Waals surface area contributed by atoms with Crippen LogP contribution in [0, 0.1) is 5.92 Å². The van der Waals surface area contributed by atoms with E-state index >= 15 is 0 Å². The maximum atomic E-state index is 12.4. The van der Waals surface area contributed by atoms with Crippen LogP contribution in [-0.4, -0.2) is 42.8 Å². The summed E-state index contributed by atoms with van der Waals surface area (Å²) >= 11 is 0. The van der Waals surface area contributed by atoms with Gasteiger partial charge < -0.3 is 14.4 Å². The number of hydrogen-bond acceptors (Lipinski definition) is 4. The molecule has 0 spiro atoms. The number of carbonyl (C=O) groups is 2. The topological polar surface area (TPSA) is 55.8 Å². The number of nitrogens with zero attached hydrogens (tertiary/aromatic N) is 1. The van der Waals surface area contributed by atoms with Gasteiger partial charge in [-0.05, 0) is 44.0 Å². The number of hydrogen-bond donors (Lipinski definition) is 0. The number of carbonyl (C=O) groups excluding carboxylic acids is 2. The second kappa shape index (κ2) is 7.55. The molecular weight excluding hydrogens is 327 g/mol. The molecule has 0 aromatic heterocycles. The van der Waals surface area contributed by atoms with Crippen LogP contribution in [0.2, 0.25) is 0 Å². The quantitative estimate of drug-likeness (QED) is 0.787. The molecule has 1 amide bonds. The summed E-state index contributed by atoms with van der Waals surface area (Å²) in [5.41, 5.74) is 0.244. The van der Waals surface area contributed by atoms with Crippen LogP contribution in [0.25, 0.3) is 0 Å². The zero-order chi connectivity index (χ0) is 17.7. The molecule has 1 aliphatic heterocycles. The van der Waals surface area contributed by atoms with Crippen LogP contribution >= 0.6 is 0 Å². The zero-order valence-electron chi connectivity index (χ0n) is 13.1. The number of rotatable bonds is 4. The first-order valence-electron chi connectivity index (χ1n) is 7.62. The fourth-order valence-corrected chi connectivity index (χ4v) is 2.60. The molecule has 24 heavy (non-hydrogen) atoms. The lowest BCUT2D eigenvalue weighted by Gasteiger charge is -2.31. The Labute approximate surface area is 137 Å². The van der Waals surface area contributed by atoms with Crippen LogP contribution in [-0.2, 0) is 9.53 Å². The first-order chi connectivity index (χ1) is 11.3. The number of ether oxygens (including phenoxy) is 2. The molecule has 132 valence electrons. The highest BCUT2D eigenvalue weighted by Gasteiger charge is 2.32. The Balaban J connectivity index is 2.01. The van der Waals surface area contributed by atoms with Crippen molar-refractivity contribution in [3.8, 4) is 5.75 Å². The summed E-state index contributed by atoms with van der Waals surface area (Å²) in [7, 11) is 0. The van der Waals surface area contributed by atoms with E-state index in [0.717, 1.165) is 12.1 Å². The average molecular weight is 345 g/mol. The van der Waals surface area contributed by atoms with Crippen LogP contribution in [0.1, 0.15) is 30.1 Å². The Morgan fingerprint density at radius 1 is 1.25 bits per heavy atom. The summed E-state index contributed by atoms with van der Waals surface area (Å²) in [5.74, 6) is -1.41. The van der Waals surface area contributed by atoms with Gasteiger partial charge in [0, 0.05) is 18.7 Å². The normalized spacial score (nSPS) is 18.2. The maximum Gasteiger partial charge on any atom is 0.573 e. The van der Waals surface area contributed by atoms with E-state index in [1.165, 1.54) is 17.0 Å². The molecule has 0 radical (unpaired) electrons. The molecule has 1 atom stereocenters. The predicted octanol–water partition coefficient (Wildman–Crippen LogP) is 3.00. The molecule has 1 unspecified atom stereocenters. The van der Waals surface area contributed by atoms with Crippen molar-refractivity contribution in [2.75, 3.05) is 19.7 Å². The summed E-state index contributed by atoms with van der Waals surface area (Å²) in [6.07, 6.45) is -3.45. The number of esters is 1. The van der Waals surface area contributed by atoms with Crippen molar-refractivity contribution in [2.45, 2.75) is 26.1 Å². The molecule has 0 N–H and O–H groups in total. The summed E-state index contributed by atoms with van der Waals surface area (Å²) in [6, 6.07) is 4.73. The fourth-order valence-electron chi connectivity index (χ4n) is 2.60. The summed E-state index contributed by atoms with van der Waals surface area (Å²) in [6.45, 7) is 2.74. The van der Waals surface area contributed by atoms with E-state index in [1.807, 2.05) is 0 Å². The lowest BCUT2D eigenvalue weighted by atomic mass is 9.97. The van der Waals surface area contributed by atoms with E-state index < -0.39 is 6.36 Å². The van der Waals surface area contributed by atoms with Gasteiger partial charge in [-0.1, -0.05) is 0 Å². The molecule has 0 aliphatic carbocycles. The predicted molar refractivity (Wildman–Crippen MR) is 78.4 cm³/mol. The molecule has 1 aromatic carbocycles. The van der Waals surface area contributed by atoms with Crippen LogP contribution in [0.15, 0.2) is 24.3 Å². The Morgan fingerprint density at radius 2 is 1.92 bits per heavy atom. The fraction of sp³-hybridized carbons (Fsp3) is 0.500. The van der Waals surface area contributed by atoms with E-state index in [2.05, 4.69) is 4.74 Å². The van der Waals surface area contributed by atoms with Crippen molar-refractivity contribution in [2.24, 2.45) is 5.92 Å². The number of amides is 1. The average Bonchev–Trinajstić information content (AvgIpc) is 2.54. The first-order valence-corrected chi connectivity index (χ1v) is 7.62. The molecule has 2 rings (SSSR count). The standard InChI is InChI=1S/C16H18F3NO4/c1-2-23-15(22)12-4-3-9-20(10-12)14(21)11-5-7-13(8-6-11)24-16(17,18)19/h5-8,12H,2-4,9-10H2,1H3. The van der Waals surface area contributed by atoms with Gasteiger partial charge in [-0.25, -0.2) is 0 Å². The second-order valence-electron chi connectivity index (χ2n) is 5.41. The Morgan fingerprint density at radius 3 is 2.50 bits per heavy atom. The third-order valence-corrected chi connectivity index (χ3v) is 3.66. The summed E-state index contributed by atoms with van der Waals surface area (Å²) in [4.78, 5) is 25.7. The third kappa shape index (κ3) is 4.87. The minimum Gasteiger partial charge on any atom is -0.466 e. The van der Waals surface area contributed by atoms with E-state index in [0.29, 0.717) is 19.4 Å². The van der Waals surface area contributed by atoms with Gasteiger partial charge in [-0.15, -0.1) is 13.2 Å². The molecule has 0 bridgehead atoms. The number of benzene rings is 1. The molecular formula is C16H18F3NO4. The Bertz CT molecular complexity index is 586. The molecule has 0 saturated carbocycles. The molecule has 1 heterocycles. The molecule has 1 fully saturated rings. The molecule has 1 aromatic rings. The van der Waals surface area contributed by atoms with Gasteiger partial charge >= 0.3 is 12.3 Å². The number of halogens is 3. The van der Waals surface area contributed by atoms with Gasteiger partial charge in [0.15, 0.2) is 0 Å². The van der Waals surface area contributed by atoms with Crippen molar-refractivity contribution in [1.82, 2.24) is 4.90 Å². The third-order valence-electron chi connectivity index (χ3n) is 3.66. The van der Waals surface area contributed by atoms with Crippen molar-refractivity contribution in [3.05, 3.63) is 29.8 Å². The van der Waals surface area contributed by atoms with Crippen molar-refractivity contribution in [3.63, 3.8) is 0 Å². The maximum absolute atomic E-state index is 12.4. The SMILES string of the molecule is CCOC(=O)C1CCCN(C(=O)c2ccc(OC(F)(F)F)cc2)C1. The smallest absolute Gasteiger partial charge is 0.466 e. The van der Waals surface area contributed by atoms with Crippen LogP contribution in [0.4, 0.5) is 13.2 Å². The summed E-state index contributed by atoms with van der Waals surface area (Å²) < 4.78 is 45.1. The van der Waals surface area contributed by atoms with Crippen LogP contribution < -0.4 is 4.74 Å². The number of piperidine rings is 1.